The van der Waals surface area contributed by atoms with E-state index in [0.717, 1.165) is 30.2 Å². The van der Waals surface area contributed by atoms with Crippen molar-refractivity contribution in [2.45, 2.75) is 38.2 Å². The van der Waals surface area contributed by atoms with Crippen molar-refractivity contribution in [2.75, 3.05) is 18.5 Å². The third kappa shape index (κ3) is 2.01. The third-order valence-corrected chi connectivity index (χ3v) is 5.22. The molecule has 4 rings (SSSR count). The lowest BCUT2D eigenvalue weighted by atomic mass is 10.2. The molecule has 1 aliphatic heterocycles. The van der Waals surface area contributed by atoms with Crippen LogP contribution in [0.25, 0.3) is 10.2 Å². The van der Waals surface area contributed by atoms with Crippen LogP contribution in [0.3, 0.4) is 0 Å². The minimum atomic E-state index is 0.344. The van der Waals surface area contributed by atoms with E-state index in [2.05, 4.69) is 15.3 Å². The van der Waals surface area contributed by atoms with Crippen LogP contribution >= 0.6 is 11.3 Å². The first kappa shape index (κ1) is 11.6. The van der Waals surface area contributed by atoms with Crippen molar-refractivity contribution < 1.29 is 4.74 Å². The summed E-state index contributed by atoms with van der Waals surface area (Å²) < 4.78 is 5.66. The number of aromatic nitrogens is 2. The average Bonchev–Trinajstić information content (AvgIpc) is 3.12. The van der Waals surface area contributed by atoms with E-state index in [1.54, 1.807) is 6.33 Å². The molecule has 2 aromatic rings. The van der Waals surface area contributed by atoms with Crippen molar-refractivity contribution in [1.82, 2.24) is 9.97 Å². The lowest BCUT2D eigenvalue weighted by molar-refractivity contribution is 0.120. The highest BCUT2D eigenvalue weighted by atomic mass is 32.1. The van der Waals surface area contributed by atoms with Gasteiger partial charge in [0.15, 0.2) is 0 Å². The number of ether oxygens (including phenoxy) is 1. The maximum atomic E-state index is 5.66. The van der Waals surface area contributed by atoms with Crippen LogP contribution in [0, 0.1) is 0 Å². The fourth-order valence-electron chi connectivity index (χ4n) is 3.08. The fraction of sp³-hybridized carbons (Fsp3) is 0.571. The summed E-state index contributed by atoms with van der Waals surface area (Å²) >= 11 is 1.84. The number of hydrogen-bond donors (Lipinski definition) is 1. The average molecular weight is 275 g/mol. The van der Waals surface area contributed by atoms with Gasteiger partial charge in [0.05, 0.1) is 11.5 Å². The number of thiophene rings is 1. The molecule has 1 aliphatic carbocycles. The van der Waals surface area contributed by atoms with Gasteiger partial charge < -0.3 is 10.1 Å². The maximum absolute atomic E-state index is 5.66. The second kappa shape index (κ2) is 4.72. The first-order valence-electron chi connectivity index (χ1n) is 7.02. The summed E-state index contributed by atoms with van der Waals surface area (Å²) in [5, 5.41) is 4.74. The molecule has 0 amide bonds. The summed E-state index contributed by atoms with van der Waals surface area (Å²) in [6.45, 7) is 1.76. The van der Waals surface area contributed by atoms with E-state index in [9.17, 15) is 0 Å². The van der Waals surface area contributed by atoms with Crippen LogP contribution in [-0.4, -0.2) is 29.2 Å². The minimum absolute atomic E-state index is 0.344. The highest BCUT2D eigenvalue weighted by molar-refractivity contribution is 7.19. The number of anilines is 1. The Kier molecular flexibility index (Phi) is 2.89. The topological polar surface area (TPSA) is 47.0 Å². The summed E-state index contributed by atoms with van der Waals surface area (Å²) in [4.78, 5) is 11.5. The van der Waals surface area contributed by atoms with Crippen LogP contribution < -0.4 is 5.32 Å². The van der Waals surface area contributed by atoms with Crippen LogP contribution in [0.15, 0.2) is 6.33 Å². The zero-order valence-corrected chi connectivity index (χ0v) is 11.6. The third-order valence-electron chi connectivity index (χ3n) is 4.02. The van der Waals surface area contributed by atoms with Crippen LogP contribution in [0.1, 0.15) is 29.7 Å². The highest BCUT2D eigenvalue weighted by Crippen LogP contribution is 2.39. The van der Waals surface area contributed by atoms with Crippen molar-refractivity contribution in [3.63, 3.8) is 0 Å². The van der Waals surface area contributed by atoms with Gasteiger partial charge in [-0.05, 0) is 37.7 Å². The Morgan fingerprint density at radius 2 is 2.32 bits per heavy atom. The number of rotatable bonds is 3. The van der Waals surface area contributed by atoms with Gasteiger partial charge in [-0.15, -0.1) is 11.3 Å². The molecule has 0 unspecified atom stereocenters. The summed E-state index contributed by atoms with van der Waals surface area (Å²) in [5.41, 5.74) is 1.48. The molecule has 2 aliphatic rings. The van der Waals surface area contributed by atoms with E-state index in [1.165, 1.54) is 41.5 Å². The van der Waals surface area contributed by atoms with Crippen molar-refractivity contribution >= 4 is 27.4 Å². The Balaban J connectivity index is 1.65. The van der Waals surface area contributed by atoms with E-state index in [4.69, 9.17) is 4.74 Å². The summed E-state index contributed by atoms with van der Waals surface area (Å²) in [6.07, 6.45) is 8.02. The molecule has 4 nitrogen and oxygen atoms in total. The number of aryl methyl sites for hydroxylation is 2. The van der Waals surface area contributed by atoms with E-state index in [1.807, 2.05) is 11.3 Å². The summed E-state index contributed by atoms with van der Waals surface area (Å²) in [5.74, 6) is 1.000. The molecule has 1 saturated heterocycles. The first-order valence-corrected chi connectivity index (χ1v) is 7.84. The minimum Gasteiger partial charge on any atom is -0.376 e. The predicted molar refractivity (Wildman–Crippen MR) is 76.9 cm³/mol. The Hall–Kier alpha value is -1.20. The molecule has 0 spiro atoms. The fourth-order valence-corrected chi connectivity index (χ4v) is 4.31. The molecule has 0 saturated carbocycles. The quantitative estimate of drug-likeness (QED) is 0.935. The maximum Gasteiger partial charge on any atom is 0.138 e. The Morgan fingerprint density at radius 1 is 1.32 bits per heavy atom. The predicted octanol–water partition coefficient (Wildman–Crippen LogP) is 2.77. The molecule has 0 bridgehead atoms. The van der Waals surface area contributed by atoms with Gasteiger partial charge >= 0.3 is 0 Å². The molecule has 0 radical (unpaired) electrons. The SMILES string of the molecule is c1nc(NC[C@@H]2CCCO2)c2c3c(sc2n1)CCC3. The molecule has 0 aromatic carbocycles. The van der Waals surface area contributed by atoms with E-state index >= 15 is 0 Å². The smallest absolute Gasteiger partial charge is 0.138 e. The molecular formula is C14H17N3OS. The lowest BCUT2D eigenvalue weighted by Gasteiger charge is -2.12. The van der Waals surface area contributed by atoms with Crippen molar-refractivity contribution in [1.29, 1.82) is 0 Å². The Labute approximate surface area is 116 Å². The van der Waals surface area contributed by atoms with Gasteiger partial charge in [-0.3, -0.25) is 0 Å². The van der Waals surface area contributed by atoms with Gasteiger partial charge in [0.1, 0.15) is 17.0 Å². The van der Waals surface area contributed by atoms with Crippen LogP contribution in [0.2, 0.25) is 0 Å². The van der Waals surface area contributed by atoms with Crippen LogP contribution in [-0.2, 0) is 17.6 Å². The molecule has 5 heteroatoms. The highest BCUT2D eigenvalue weighted by Gasteiger charge is 2.22. The normalized spacial score (nSPS) is 22.0. The molecule has 1 atom stereocenters. The molecule has 2 aromatic heterocycles. The van der Waals surface area contributed by atoms with E-state index < -0.39 is 0 Å². The van der Waals surface area contributed by atoms with Gasteiger partial charge in [-0.1, -0.05) is 0 Å². The standard InChI is InChI=1S/C14H17N3OS/c1-4-10-11(5-1)19-14-12(10)13(16-8-17-14)15-7-9-3-2-6-18-9/h8-9H,1-7H2,(H,15,16,17)/t9-/m0/s1. The van der Waals surface area contributed by atoms with Crippen LogP contribution in [0.4, 0.5) is 5.82 Å². The van der Waals surface area contributed by atoms with Gasteiger partial charge in [-0.25, -0.2) is 9.97 Å². The van der Waals surface area contributed by atoms with Gasteiger partial charge in [0.25, 0.3) is 0 Å². The lowest BCUT2D eigenvalue weighted by Crippen LogP contribution is -2.19. The number of hydrogen-bond acceptors (Lipinski definition) is 5. The van der Waals surface area contributed by atoms with Gasteiger partial charge in [0, 0.05) is 18.0 Å². The van der Waals surface area contributed by atoms with Gasteiger partial charge in [0.2, 0.25) is 0 Å². The van der Waals surface area contributed by atoms with Crippen molar-refractivity contribution in [2.24, 2.45) is 0 Å². The molecule has 100 valence electrons. The Morgan fingerprint density at radius 3 is 3.21 bits per heavy atom. The number of nitrogens with one attached hydrogen (secondary N) is 1. The molecule has 1 N–H and O–H groups in total. The summed E-state index contributed by atoms with van der Waals surface area (Å²) in [7, 11) is 0. The second-order valence-corrected chi connectivity index (χ2v) is 6.36. The van der Waals surface area contributed by atoms with Gasteiger partial charge in [-0.2, -0.15) is 0 Å². The zero-order valence-electron chi connectivity index (χ0n) is 10.8. The van der Waals surface area contributed by atoms with E-state index in [-0.39, 0.29) is 0 Å². The summed E-state index contributed by atoms with van der Waals surface area (Å²) in [6, 6.07) is 0. The van der Waals surface area contributed by atoms with Crippen LogP contribution in [0.5, 0.6) is 0 Å². The zero-order chi connectivity index (χ0) is 12.7. The second-order valence-electron chi connectivity index (χ2n) is 5.28. The van der Waals surface area contributed by atoms with Crippen molar-refractivity contribution in [3.05, 3.63) is 16.8 Å². The molecule has 3 heterocycles. The molecular weight excluding hydrogens is 258 g/mol. The van der Waals surface area contributed by atoms with E-state index in [0.29, 0.717) is 6.10 Å². The monoisotopic (exact) mass is 275 g/mol. The van der Waals surface area contributed by atoms with Crippen molar-refractivity contribution in [3.8, 4) is 0 Å². The number of fused-ring (bicyclic) bond motifs is 3. The first-order chi connectivity index (χ1) is 9.42. The largest absolute Gasteiger partial charge is 0.376 e. The number of nitrogens with zero attached hydrogens (tertiary/aromatic N) is 2. The molecule has 1 fully saturated rings. The molecule has 19 heavy (non-hydrogen) atoms. The Bertz CT molecular complexity index is 604.